The van der Waals surface area contributed by atoms with Gasteiger partial charge in [0, 0.05) is 34.6 Å². The highest BCUT2D eigenvalue weighted by molar-refractivity contribution is 5.79. The molecule has 3 N–H and O–H groups in total. The van der Waals surface area contributed by atoms with Crippen LogP contribution in [0.3, 0.4) is 0 Å². The second-order valence-electron chi connectivity index (χ2n) is 21.6. The molecule has 0 aliphatic carbocycles. The molecule has 2 fully saturated rings. The fourth-order valence-electron chi connectivity index (χ4n) is 11.5. The van der Waals surface area contributed by atoms with Gasteiger partial charge in [0.1, 0.15) is 0 Å². The number of carbonyl (C=O) groups is 1. The molecule has 2 unspecified atom stereocenters. The van der Waals surface area contributed by atoms with Gasteiger partial charge in [-0.3, -0.25) is 4.79 Å². The average Bonchev–Trinajstić information content (AvgIpc) is 3.05. The third kappa shape index (κ3) is 22.4. The molecule has 4 nitrogen and oxygen atoms in total. The van der Waals surface area contributed by atoms with Gasteiger partial charge in [0.2, 0.25) is 5.91 Å². The molecule has 0 spiro atoms. The van der Waals surface area contributed by atoms with E-state index in [9.17, 15) is 4.79 Å². The van der Waals surface area contributed by atoms with Crippen LogP contribution >= 0.6 is 0 Å². The number of unbranched alkanes of at least 4 members (excludes halogenated alkanes) is 20. The van der Waals surface area contributed by atoms with Crippen molar-refractivity contribution in [2.75, 3.05) is 6.54 Å². The molecule has 2 aliphatic rings. The normalized spacial score (nSPS) is 20.9. The highest BCUT2D eigenvalue weighted by atomic mass is 16.1. The first-order valence-corrected chi connectivity index (χ1v) is 24.4. The van der Waals surface area contributed by atoms with Crippen molar-refractivity contribution in [1.29, 1.82) is 0 Å². The molecular formula is C50H99N3O. The fraction of sp³-hybridized carbons (Fsp3) is 0.980. The number of amides is 1. The van der Waals surface area contributed by atoms with E-state index in [1.54, 1.807) is 0 Å². The summed E-state index contributed by atoms with van der Waals surface area (Å²) in [6, 6.07) is 0. The molecule has 2 rings (SSSR count). The smallest absolute Gasteiger partial charge is 0.223 e. The topological polar surface area (TPSA) is 53.2 Å². The maximum Gasteiger partial charge on any atom is 0.223 e. The van der Waals surface area contributed by atoms with Gasteiger partial charge in [0.25, 0.3) is 0 Å². The molecule has 0 aromatic rings. The largest absolute Gasteiger partial charge is 0.356 e. The summed E-state index contributed by atoms with van der Waals surface area (Å²) in [5, 5.41) is 11.3. The van der Waals surface area contributed by atoms with E-state index in [0.717, 1.165) is 25.3 Å². The Kier molecular flexibility index (Phi) is 24.2. The first-order chi connectivity index (χ1) is 25.6. The minimum atomic E-state index is 0.115. The average molecular weight is 758 g/mol. The Morgan fingerprint density at radius 3 is 1.35 bits per heavy atom. The molecular weight excluding hydrogens is 659 g/mol. The van der Waals surface area contributed by atoms with Gasteiger partial charge in [-0.25, -0.2) is 0 Å². The molecule has 2 saturated heterocycles. The number of piperidine rings is 2. The van der Waals surface area contributed by atoms with Crippen molar-refractivity contribution in [3.05, 3.63) is 0 Å². The lowest BCUT2D eigenvalue weighted by Gasteiger charge is -2.50. The molecule has 0 bridgehead atoms. The van der Waals surface area contributed by atoms with Crippen molar-refractivity contribution >= 4 is 5.91 Å². The Hall–Kier alpha value is -0.610. The maximum absolute atomic E-state index is 14.3. The quantitative estimate of drug-likeness (QED) is 0.0617. The molecule has 2 heterocycles. The number of nitrogens with one attached hydrogen (secondary N) is 3. The molecule has 54 heavy (non-hydrogen) atoms. The Morgan fingerprint density at radius 2 is 0.870 bits per heavy atom. The first kappa shape index (κ1) is 49.5. The van der Waals surface area contributed by atoms with E-state index in [-0.39, 0.29) is 28.1 Å². The summed E-state index contributed by atoms with van der Waals surface area (Å²) in [6.45, 7) is 24.5. The van der Waals surface area contributed by atoms with Gasteiger partial charge < -0.3 is 16.0 Å². The summed E-state index contributed by atoms with van der Waals surface area (Å²) in [4.78, 5) is 14.3. The third-order valence-electron chi connectivity index (χ3n) is 13.3. The SMILES string of the molecule is CCCCCCCCCCCCCCCCCCC(C(=O)NCCCCCCC1CC(C)(C)NC(C)(C)C1)C(CCCCC)C1CC(C)(C)NC(C)(C)C1. The fourth-order valence-corrected chi connectivity index (χ4v) is 11.5. The first-order valence-electron chi connectivity index (χ1n) is 24.4. The third-order valence-corrected chi connectivity index (χ3v) is 13.3. The van der Waals surface area contributed by atoms with Crippen molar-refractivity contribution in [2.24, 2.45) is 23.7 Å². The van der Waals surface area contributed by atoms with Crippen LogP contribution in [0.2, 0.25) is 0 Å². The molecule has 320 valence electrons. The Balaban J connectivity index is 1.84. The molecule has 0 saturated carbocycles. The van der Waals surface area contributed by atoms with Gasteiger partial charge in [0.05, 0.1) is 0 Å². The number of hydrogen-bond donors (Lipinski definition) is 3. The van der Waals surface area contributed by atoms with Crippen LogP contribution in [0.5, 0.6) is 0 Å². The molecule has 0 aromatic carbocycles. The van der Waals surface area contributed by atoms with Crippen LogP contribution in [0.15, 0.2) is 0 Å². The zero-order chi connectivity index (χ0) is 39.9. The van der Waals surface area contributed by atoms with E-state index in [1.807, 2.05) is 0 Å². The van der Waals surface area contributed by atoms with Crippen molar-refractivity contribution in [2.45, 2.75) is 284 Å². The van der Waals surface area contributed by atoms with Gasteiger partial charge in [0.15, 0.2) is 0 Å². The summed E-state index contributed by atoms with van der Waals surface area (Å²) in [5.74, 6) is 2.47. The van der Waals surface area contributed by atoms with Crippen molar-refractivity contribution in [1.82, 2.24) is 16.0 Å². The van der Waals surface area contributed by atoms with Crippen molar-refractivity contribution in [3.63, 3.8) is 0 Å². The van der Waals surface area contributed by atoms with Crippen LogP contribution in [-0.4, -0.2) is 34.6 Å². The number of rotatable bonds is 31. The van der Waals surface area contributed by atoms with Gasteiger partial charge in [-0.05, 0) is 118 Å². The molecule has 0 radical (unpaired) electrons. The lowest BCUT2D eigenvalue weighted by atomic mass is 9.65. The van der Waals surface area contributed by atoms with E-state index in [1.165, 1.54) is 180 Å². The Morgan fingerprint density at radius 1 is 0.500 bits per heavy atom. The van der Waals surface area contributed by atoms with Crippen molar-refractivity contribution < 1.29 is 4.79 Å². The monoisotopic (exact) mass is 758 g/mol. The van der Waals surface area contributed by atoms with Crippen LogP contribution < -0.4 is 16.0 Å². The van der Waals surface area contributed by atoms with E-state index >= 15 is 0 Å². The van der Waals surface area contributed by atoms with Crippen molar-refractivity contribution in [3.8, 4) is 0 Å². The summed E-state index contributed by atoms with van der Waals surface area (Å²) in [6.07, 6.45) is 39.7. The van der Waals surface area contributed by atoms with Gasteiger partial charge in [-0.1, -0.05) is 162 Å². The molecule has 1 amide bonds. The minimum Gasteiger partial charge on any atom is -0.356 e. The highest BCUT2D eigenvalue weighted by Crippen LogP contribution is 2.43. The second kappa shape index (κ2) is 26.4. The standard InChI is InChI=1S/C50H99N3O/c1-11-13-15-16-17-18-19-20-21-22-23-24-25-26-27-32-36-45(44(35-30-14-12-2)43-40-49(7,8)53-50(9,10)41-43)46(54)51-37-33-29-28-31-34-42-38-47(3,4)52-48(5,6)39-42/h42-45,52-53H,11-41H2,1-10H3,(H,51,54). The highest BCUT2D eigenvalue weighted by Gasteiger charge is 2.43. The summed E-state index contributed by atoms with van der Waals surface area (Å²) in [5.41, 5.74) is 0.718. The van der Waals surface area contributed by atoms with E-state index in [4.69, 9.17) is 0 Å². The number of carbonyl (C=O) groups excluding carboxylic acids is 1. The summed E-state index contributed by atoms with van der Waals surface area (Å²) < 4.78 is 0. The predicted molar refractivity (Wildman–Crippen MR) is 239 cm³/mol. The molecule has 2 atom stereocenters. The van der Waals surface area contributed by atoms with Crippen LogP contribution in [0, 0.1) is 23.7 Å². The zero-order valence-electron chi connectivity index (χ0n) is 38.6. The molecule has 4 heteroatoms. The van der Waals surface area contributed by atoms with Gasteiger partial charge in [-0.2, -0.15) is 0 Å². The number of hydrogen-bond acceptors (Lipinski definition) is 3. The maximum atomic E-state index is 14.3. The lowest BCUT2D eigenvalue weighted by Crippen LogP contribution is -2.59. The van der Waals surface area contributed by atoms with E-state index in [2.05, 4.69) is 85.2 Å². The Bertz CT molecular complexity index is 922. The Labute approximate surface area is 339 Å². The van der Waals surface area contributed by atoms with Crippen LogP contribution in [-0.2, 0) is 4.79 Å². The lowest BCUT2D eigenvalue weighted by molar-refractivity contribution is -0.128. The molecule has 2 aliphatic heterocycles. The summed E-state index contributed by atoms with van der Waals surface area (Å²) in [7, 11) is 0. The van der Waals surface area contributed by atoms with Gasteiger partial charge >= 0.3 is 0 Å². The van der Waals surface area contributed by atoms with Gasteiger partial charge in [-0.15, -0.1) is 0 Å². The molecule has 0 aromatic heterocycles. The summed E-state index contributed by atoms with van der Waals surface area (Å²) >= 11 is 0. The van der Waals surface area contributed by atoms with Crippen LogP contribution in [0.1, 0.15) is 262 Å². The minimum absolute atomic E-state index is 0.115. The van der Waals surface area contributed by atoms with Crippen LogP contribution in [0.25, 0.3) is 0 Å². The van der Waals surface area contributed by atoms with Crippen LogP contribution in [0.4, 0.5) is 0 Å². The second-order valence-corrected chi connectivity index (χ2v) is 21.6. The zero-order valence-corrected chi connectivity index (χ0v) is 38.6. The predicted octanol–water partition coefficient (Wildman–Crippen LogP) is 14.6. The van der Waals surface area contributed by atoms with E-state index < -0.39 is 0 Å². The van der Waals surface area contributed by atoms with E-state index in [0.29, 0.717) is 17.7 Å².